The van der Waals surface area contributed by atoms with E-state index in [-0.39, 0.29) is 18.0 Å². The van der Waals surface area contributed by atoms with Gasteiger partial charge < -0.3 is 5.73 Å². The number of H-pyrrole nitrogens is 1. The van der Waals surface area contributed by atoms with Crippen LogP contribution in [0.25, 0.3) is 0 Å². The molecule has 0 aliphatic carbocycles. The van der Waals surface area contributed by atoms with Crippen molar-refractivity contribution in [2.24, 2.45) is 5.73 Å². The molecule has 1 aromatic carbocycles. The van der Waals surface area contributed by atoms with Crippen LogP contribution >= 0.6 is 0 Å². The molecule has 2 aromatic rings. The Bertz CT molecular complexity index is 758. The van der Waals surface area contributed by atoms with Gasteiger partial charge in [-0.2, -0.15) is 9.40 Å². The van der Waals surface area contributed by atoms with E-state index < -0.39 is 10.0 Å². The fourth-order valence-corrected chi connectivity index (χ4v) is 3.12. The molecule has 1 heterocycles. The van der Waals surface area contributed by atoms with E-state index in [2.05, 4.69) is 22.0 Å². The Hall–Kier alpha value is -2.14. The summed E-state index contributed by atoms with van der Waals surface area (Å²) in [5, 5.41) is 6.46. The van der Waals surface area contributed by atoms with E-state index in [9.17, 15) is 8.42 Å². The molecule has 110 valence electrons. The van der Waals surface area contributed by atoms with Crippen molar-refractivity contribution < 1.29 is 8.42 Å². The van der Waals surface area contributed by atoms with E-state index in [4.69, 9.17) is 5.73 Å². The number of sulfonamides is 1. The van der Waals surface area contributed by atoms with Crippen molar-refractivity contribution in [3.63, 3.8) is 0 Å². The summed E-state index contributed by atoms with van der Waals surface area (Å²) in [5.41, 5.74) is 6.57. The summed E-state index contributed by atoms with van der Waals surface area (Å²) < 4.78 is 26.5. The van der Waals surface area contributed by atoms with Gasteiger partial charge in [0.25, 0.3) is 0 Å². The van der Waals surface area contributed by atoms with Crippen molar-refractivity contribution in [3.8, 4) is 11.8 Å². The molecule has 0 bridgehead atoms. The van der Waals surface area contributed by atoms with Crippen LogP contribution in [-0.4, -0.2) is 36.5 Å². The summed E-state index contributed by atoms with van der Waals surface area (Å²) >= 11 is 0. The van der Waals surface area contributed by atoms with Gasteiger partial charge in [-0.1, -0.05) is 24.0 Å². The van der Waals surface area contributed by atoms with Gasteiger partial charge in [-0.15, -0.1) is 0 Å². The van der Waals surface area contributed by atoms with Gasteiger partial charge >= 0.3 is 0 Å². The summed E-state index contributed by atoms with van der Waals surface area (Å²) in [4.78, 5) is 0.178. The van der Waals surface area contributed by atoms with E-state index >= 15 is 0 Å². The summed E-state index contributed by atoms with van der Waals surface area (Å²) in [6.07, 6.45) is 3.25. The van der Waals surface area contributed by atoms with Gasteiger partial charge in [-0.05, 0) is 12.1 Å². The van der Waals surface area contributed by atoms with Crippen molar-refractivity contribution in [1.29, 1.82) is 0 Å². The Kier molecular flexibility index (Phi) is 4.75. The van der Waals surface area contributed by atoms with Gasteiger partial charge in [0.15, 0.2) is 0 Å². The van der Waals surface area contributed by atoms with Crippen LogP contribution in [0.2, 0.25) is 0 Å². The first-order chi connectivity index (χ1) is 10.1. The zero-order valence-corrected chi connectivity index (χ0v) is 12.4. The minimum absolute atomic E-state index is 0.178. The summed E-state index contributed by atoms with van der Waals surface area (Å²) in [7, 11) is -2.10. The number of hydrogen-bond donors (Lipinski definition) is 2. The first kappa shape index (κ1) is 15.3. The quantitative estimate of drug-likeness (QED) is 0.806. The fourth-order valence-electron chi connectivity index (χ4n) is 1.82. The van der Waals surface area contributed by atoms with Gasteiger partial charge in [0, 0.05) is 30.9 Å². The molecule has 0 amide bonds. The average molecular weight is 304 g/mol. The lowest BCUT2D eigenvalue weighted by Gasteiger charge is -2.17. The minimum atomic E-state index is -3.63. The zero-order valence-electron chi connectivity index (χ0n) is 11.6. The number of nitrogens with two attached hydrogens (primary N) is 1. The van der Waals surface area contributed by atoms with Crippen LogP contribution in [0.15, 0.2) is 41.6 Å². The first-order valence-electron chi connectivity index (χ1n) is 6.27. The Morgan fingerprint density at radius 2 is 2.14 bits per heavy atom. The molecule has 0 spiro atoms. The van der Waals surface area contributed by atoms with E-state index in [0.29, 0.717) is 5.56 Å². The maximum Gasteiger partial charge on any atom is 0.244 e. The molecule has 0 aliphatic heterocycles. The minimum Gasteiger partial charge on any atom is -0.320 e. The number of hydrogen-bond acceptors (Lipinski definition) is 4. The molecule has 21 heavy (non-hydrogen) atoms. The zero-order chi connectivity index (χ0) is 15.3. The standard InChI is InChI=1S/C14H16N4O2S/c1-18(11-12-9-16-17-10-12)21(19,20)14-7-3-2-5-13(14)6-4-8-15/h2-3,5,7,9-10H,8,11,15H2,1H3,(H,16,17). The maximum absolute atomic E-state index is 12.6. The summed E-state index contributed by atoms with van der Waals surface area (Å²) in [6, 6.07) is 6.63. The highest BCUT2D eigenvalue weighted by atomic mass is 32.2. The van der Waals surface area contributed by atoms with Crippen molar-refractivity contribution in [3.05, 3.63) is 47.8 Å². The van der Waals surface area contributed by atoms with Crippen molar-refractivity contribution in [2.45, 2.75) is 11.4 Å². The smallest absolute Gasteiger partial charge is 0.244 e. The Labute approximate surface area is 124 Å². The number of rotatable bonds is 4. The van der Waals surface area contributed by atoms with Crippen molar-refractivity contribution >= 4 is 10.0 Å². The van der Waals surface area contributed by atoms with Crippen LogP contribution in [0, 0.1) is 11.8 Å². The molecular weight excluding hydrogens is 288 g/mol. The van der Waals surface area contributed by atoms with Crippen LogP contribution in [0.3, 0.4) is 0 Å². The van der Waals surface area contributed by atoms with Gasteiger partial charge in [0.1, 0.15) is 0 Å². The molecule has 0 radical (unpaired) electrons. The Balaban J connectivity index is 2.35. The lowest BCUT2D eigenvalue weighted by Crippen LogP contribution is -2.27. The molecule has 0 fully saturated rings. The van der Waals surface area contributed by atoms with Gasteiger partial charge in [0.05, 0.1) is 17.6 Å². The topological polar surface area (TPSA) is 92.1 Å². The fraction of sp³-hybridized carbons (Fsp3) is 0.214. The molecule has 6 nitrogen and oxygen atoms in total. The van der Waals surface area contributed by atoms with Crippen LogP contribution in [0.5, 0.6) is 0 Å². The number of benzene rings is 1. The molecule has 7 heteroatoms. The molecule has 0 unspecified atom stereocenters. The van der Waals surface area contributed by atoms with E-state index in [0.717, 1.165) is 5.56 Å². The van der Waals surface area contributed by atoms with Gasteiger partial charge in [-0.25, -0.2) is 8.42 Å². The lowest BCUT2D eigenvalue weighted by atomic mass is 10.2. The Morgan fingerprint density at radius 3 is 2.81 bits per heavy atom. The van der Waals surface area contributed by atoms with Crippen molar-refractivity contribution in [1.82, 2.24) is 14.5 Å². The third-order valence-electron chi connectivity index (χ3n) is 2.86. The highest BCUT2D eigenvalue weighted by Crippen LogP contribution is 2.20. The number of aromatic nitrogens is 2. The van der Waals surface area contributed by atoms with E-state index in [1.807, 2.05) is 0 Å². The van der Waals surface area contributed by atoms with Crippen LogP contribution < -0.4 is 5.73 Å². The van der Waals surface area contributed by atoms with Crippen LogP contribution in [0.4, 0.5) is 0 Å². The summed E-state index contributed by atoms with van der Waals surface area (Å²) in [6.45, 7) is 0.413. The van der Waals surface area contributed by atoms with Gasteiger partial charge in [0.2, 0.25) is 10.0 Å². The molecule has 2 rings (SSSR count). The average Bonchev–Trinajstić information content (AvgIpc) is 2.98. The predicted molar refractivity (Wildman–Crippen MR) is 79.6 cm³/mol. The molecule has 0 saturated heterocycles. The highest BCUT2D eigenvalue weighted by Gasteiger charge is 2.23. The van der Waals surface area contributed by atoms with Gasteiger partial charge in [-0.3, -0.25) is 5.10 Å². The predicted octanol–water partition coefficient (Wildman–Crippen LogP) is 0.541. The summed E-state index contributed by atoms with van der Waals surface area (Å²) in [5.74, 6) is 5.47. The van der Waals surface area contributed by atoms with Crippen LogP contribution in [-0.2, 0) is 16.6 Å². The molecule has 0 aliphatic rings. The molecule has 0 atom stereocenters. The third kappa shape index (κ3) is 3.49. The van der Waals surface area contributed by atoms with Crippen LogP contribution in [0.1, 0.15) is 11.1 Å². The second-order valence-corrected chi connectivity index (χ2v) is 6.38. The number of aromatic amines is 1. The molecular formula is C14H16N4O2S. The normalized spacial score (nSPS) is 11.2. The Morgan fingerprint density at radius 1 is 1.38 bits per heavy atom. The largest absolute Gasteiger partial charge is 0.320 e. The van der Waals surface area contributed by atoms with Crippen molar-refractivity contribution in [2.75, 3.05) is 13.6 Å². The molecule has 3 N–H and O–H groups in total. The first-order valence-corrected chi connectivity index (χ1v) is 7.71. The third-order valence-corrected chi connectivity index (χ3v) is 4.72. The maximum atomic E-state index is 12.6. The van der Waals surface area contributed by atoms with E-state index in [1.54, 1.807) is 36.7 Å². The lowest BCUT2D eigenvalue weighted by molar-refractivity contribution is 0.466. The van der Waals surface area contributed by atoms with E-state index in [1.165, 1.54) is 11.4 Å². The second kappa shape index (κ2) is 6.54. The number of nitrogens with one attached hydrogen (secondary N) is 1. The molecule has 1 aromatic heterocycles. The second-order valence-electron chi connectivity index (χ2n) is 4.37. The monoisotopic (exact) mass is 304 g/mol. The SMILES string of the molecule is CN(Cc1cn[nH]c1)S(=O)(=O)c1ccccc1C#CCN. The highest BCUT2D eigenvalue weighted by molar-refractivity contribution is 7.89. The number of nitrogens with zero attached hydrogens (tertiary/aromatic N) is 2. The molecule has 0 saturated carbocycles.